The summed E-state index contributed by atoms with van der Waals surface area (Å²) in [5.74, 6) is -1.75. The average Bonchev–Trinajstić information content (AvgIpc) is 3.41. The van der Waals surface area contributed by atoms with Crippen molar-refractivity contribution in [3.05, 3.63) is 72.1 Å². The van der Waals surface area contributed by atoms with Crippen molar-refractivity contribution >= 4 is 29.1 Å². The average molecular weight is 417 g/mol. The van der Waals surface area contributed by atoms with E-state index < -0.39 is 17.8 Å². The second-order valence-electron chi connectivity index (χ2n) is 7.05. The molecule has 1 unspecified atom stereocenters. The molecule has 1 atom stereocenters. The van der Waals surface area contributed by atoms with Gasteiger partial charge >= 0.3 is 5.97 Å². The number of Topliss-reactive ketones (excluding diaryl/α,β-unsaturated/α-hetero) is 1. The van der Waals surface area contributed by atoms with Gasteiger partial charge in [0.05, 0.1) is 30.3 Å². The second kappa shape index (κ2) is 8.35. The van der Waals surface area contributed by atoms with Crippen molar-refractivity contribution < 1.29 is 23.5 Å². The van der Waals surface area contributed by atoms with Gasteiger partial charge in [-0.2, -0.15) is 10.1 Å². The molecule has 31 heavy (non-hydrogen) atoms. The van der Waals surface area contributed by atoms with Crippen LogP contribution in [-0.2, 0) is 20.7 Å². The first-order valence-corrected chi connectivity index (χ1v) is 9.57. The lowest BCUT2D eigenvalue weighted by Gasteiger charge is -2.15. The van der Waals surface area contributed by atoms with Gasteiger partial charge in [0, 0.05) is 12.0 Å². The van der Waals surface area contributed by atoms with Crippen LogP contribution >= 0.6 is 0 Å². The van der Waals surface area contributed by atoms with Crippen LogP contribution in [0.25, 0.3) is 11.5 Å². The minimum Gasteiger partial charge on any atom is -0.465 e. The Balaban J connectivity index is 1.53. The van der Waals surface area contributed by atoms with Crippen molar-refractivity contribution in [2.24, 2.45) is 11.0 Å². The maximum atomic E-state index is 13.0. The van der Waals surface area contributed by atoms with Gasteiger partial charge in [-0.05, 0) is 42.8 Å². The number of hydrogen-bond acceptors (Lipinski definition) is 7. The van der Waals surface area contributed by atoms with Crippen LogP contribution in [0.5, 0.6) is 0 Å². The first kappa shape index (κ1) is 20.2. The number of amides is 1. The second-order valence-corrected chi connectivity index (χ2v) is 7.05. The fourth-order valence-electron chi connectivity index (χ4n) is 3.49. The van der Waals surface area contributed by atoms with Crippen LogP contribution in [0.2, 0.25) is 0 Å². The quantitative estimate of drug-likeness (QED) is 0.451. The van der Waals surface area contributed by atoms with Crippen LogP contribution in [-0.4, -0.2) is 35.5 Å². The van der Waals surface area contributed by atoms with E-state index >= 15 is 0 Å². The minimum absolute atomic E-state index is 0.0633. The lowest BCUT2D eigenvalue weighted by atomic mass is 9.93. The van der Waals surface area contributed by atoms with E-state index in [1.54, 1.807) is 31.3 Å². The predicted octanol–water partition coefficient (Wildman–Crippen LogP) is 3.28. The zero-order valence-electron chi connectivity index (χ0n) is 16.9. The number of anilines is 1. The van der Waals surface area contributed by atoms with Crippen LogP contribution in [0.3, 0.4) is 0 Å². The number of hydrogen-bond donors (Lipinski definition) is 0. The number of nitrogens with zero attached hydrogens (tertiary/aromatic N) is 3. The summed E-state index contributed by atoms with van der Waals surface area (Å²) < 4.78 is 10.0. The van der Waals surface area contributed by atoms with Crippen molar-refractivity contribution in [2.45, 2.75) is 13.3 Å². The Hall–Kier alpha value is -4.07. The summed E-state index contributed by atoms with van der Waals surface area (Å²) in [5.41, 5.74) is 2.58. The summed E-state index contributed by atoms with van der Waals surface area (Å²) in [6, 6.07) is 13.6. The molecule has 0 N–H and O–H groups in total. The predicted molar refractivity (Wildman–Crippen MR) is 113 cm³/mol. The molecule has 4 rings (SSSR count). The number of esters is 1. The summed E-state index contributed by atoms with van der Waals surface area (Å²) >= 11 is 0. The minimum atomic E-state index is -0.979. The Morgan fingerprint density at radius 3 is 2.71 bits per heavy atom. The summed E-state index contributed by atoms with van der Waals surface area (Å²) in [7, 11) is 1.28. The van der Waals surface area contributed by atoms with E-state index in [0.29, 0.717) is 22.9 Å². The smallest absolute Gasteiger partial charge is 0.337 e. The number of carbonyl (C=O) groups is 3. The number of carbonyl (C=O) groups excluding carboxylic acids is 3. The fraction of sp³-hybridized carbons (Fsp3) is 0.174. The van der Waals surface area contributed by atoms with Crippen LogP contribution in [0.1, 0.15) is 22.8 Å². The highest BCUT2D eigenvalue weighted by Crippen LogP contribution is 2.27. The first-order valence-electron chi connectivity index (χ1n) is 9.57. The molecular formula is C23H19N3O5. The van der Waals surface area contributed by atoms with Gasteiger partial charge in [0.2, 0.25) is 5.89 Å². The molecule has 156 valence electrons. The number of ketones is 1. The first-order chi connectivity index (χ1) is 15.0. The molecule has 1 amide bonds. The highest BCUT2D eigenvalue weighted by atomic mass is 16.5. The maximum Gasteiger partial charge on any atom is 0.337 e. The van der Waals surface area contributed by atoms with Crippen molar-refractivity contribution in [2.75, 3.05) is 12.1 Å². The zero-order chi connectivity index (χ0) is 22.0. The molecule has 1 aliphatic rings. The van der Waals surface area contributed by atoms with Gasteiger partial charge in [0.1, 0.15) is 12.2 Å². The topological polar surface area (TPSA) is 102 Å². The van der Waals surface area contributed by atoms with Crippen LogP contribution < -0.4 is 5.01 Å². The van der Waals surface area contributed by atoms with Gasteiger partial charge in [0.15, 0.2) is 5.78 Å². The van der Waals surface area contributed by atoms with E-state index in [-0.39, 0.29) is 12.2 Å². The number of benzene rings is 2. The van der Waals surface area contributed by atoms with E-state index in [9.17, 15) is 14.4 Å². The lowest BCUT2D eigenvalue weighted by molar-refractivity contribution is -0.128. The van der Waals surface area contributed by atoms with Gasteiger partial charge in [-0.15, -0.1) is 0 Å². The van der Waals surface area contributed by atoms with Crippen LogP contribution in [0.15, 0.2) is 70.5 Å². The van der Waals surface area contributed by atoms with Crippen molar-refractivity contribution in [3.63, 3.8) is 0 Å². The largest absolute Gasteiger partial charge is 0.465 e. The third-order valence-corrected chi connectivity index (χ3v) is 4.95. The molecule has 0 fully saturated rings. The standard InChI is InChI=1S/C23H19N3O5/c1-14-20(19(27)12-15-5-3-6-16(11-15)21-24-9-10-31-21)22(28)26(25-14)18-8-4-7-17(13-18)23(29)30-2/h3-11,13,20H,12H2,1-2H3. The number of ether oxygens (including phenoxy) is 1. The van der Waals surface area contributed by atoms with Crippen molar-refractivity contribution in [3.8, 4) is 11.5 Å². The molecule has 2 heterocycles. The molecular weight excluding hydrogens is 398 g/mol. The van der Waals surface area contributed by atoms with Crippen molar-refractivity contribution in [1.29, 1.82) is 0 Å². The molecule has 3 aromatic rings. The highest BCUT2D eigenvalue weighted by molar-refractivity contribution is 6.27. The molecule has 2 aromatic carbocycles. The molecule has 8 nitrogen and oxygen atoms in total. The highest BCUT2D eigenvalue weighted by Gasteiger charge is 2.39. The van der Waals surface area contributed by atoms with Gasteiger partial charge in [-0.3, -0.25) is 9.59 Å². The van der Waals surface area contributed by atoms with E-state index in [1.807, 2.05) is 24.3 Å². The summed E-state index contributed by atoms with van der Waals surface area (Å²) in [5, 5.41) is 5.43. The number of rotatable bonds is 6. The number of hydrazone groups is 1. The Morgan fingerprint density at radius 2 is 1.97 bits per heavy atom. The van der Waals surface area contributed by atoms with Crippen LogP contribution in [0, 0.1) is 5.92 Å². The zero-order valence-corrected chi connectivity index (χ0v) is 16.9. The van der Waals surface area contributed by atoms with Gasteiger partial charge in [-0.1, -0.05) is 18.2 Å². The molecule has 8 heteroatoms. The third-order valence-electron chi connectivity index (χ3n) is 4.95. The Morgan fingerprint density at radius 1 is 1.16 bits per heavy atom. The van der Waals surface area contributed by atoms with Gasteiger partial charge in [-0.25, -0.2) is 9.78 Å². The third kappa shape index (κ3) is 4.00. The van der Waals surface area contributed by atoms with Crippen LogP contribution in [0.4, 0.5) is 5.69 Å². The summed E-state index contributed by atoms with van der Waals surface area (Å²) in [6.07, 6.45) is 3.09. The molecule has 1 aromatic heterocycles. The van der Waals surface area contributed by atoms with E-state index in [4.69, 9.17) is 9.15 Å². The lowest BCUT2D eigenvalue weighted by Crippen LogP contribution is -2.33. The van der Waals surface area contributed by atoms with E-state index in [2.05, 4.69) is 10.1 Å². The fourth-order valence-corrected chi connectivity index (χ4v) is 3.49. The van der Waals surface area contributed by atoms with Gasteiger partial charge in [0.25, 0.3) is 5.91 Å². The summed E-state index contributed by atoms with van der Waals surface area (Å²) in [4.78, 5) is 41.9. The Labute approximate surface area is 178 Å². The van der Waals surface area contributed by atoms with Crippen molar-refractivity contribution in [1.82, 2.24) is 4.98 Å². The molecule has 0 saturated carbocycles. The molecule has 0 aliphatic carbocycles. The number of aromatic nitrogens is 1. The Bertz CT molecular complexity index is 1180. The molecule has 0 spiro atoms. The monoisotopic (exact) mass is 417 g/mol. The van der Waals surface area contributed by atoms with Gasteiger partial charge < -0.3 is 9.15 Å². The molecule has 0 bridgehead atoms. The van der Waals surface area contributed by atoms with E-state index in [0.717, 1.165) is 16.1 Å². The normalized spacial score (nSPS) is 15.7. The summed E-state index contributed by atoms with van der Waals surface area (Å²) in [6.45, 7) is 1.65. The van der Waals surface area contributed by atoms with E-state index in [1.165, 1.54) is 19.4 Å². The molecule has 1 aliphatic heterocycles. The maximum absolute atomic E-state index is 13.0. The molecule has 0 saturated heterocycles. The Kier molecular flexibility index (Phi) is 5.44. The number of oxazole rings is 1. The molecule has 0 radical (unpaired) electrons. The SMILES string of the molecule is COC(=O)c1cccc(N2N=C(C)C(C(=O)Cc3cccc(-c4ncco4)c3)C2=O)c1. The number of methoxy groups -OCH3 is 1.